The number of nitrogen functional groups attached to an aromatic ring is 1. The molecule has 0 atom stereocenters. The van der Waals surface area contributed by atoms with Crippen LogP contribution in [0.3, 0.4) is 0 Å². The van der Waals surface area contributed by atoms with E-state index < -0.39 is 29.0 Å². The van der Waals surface area contributed by atoms with E-state index in [1.54, 1.807) is 39.1 Å². The van der Waals surface area contributed by atoms with Gasteiger partial charge in [-0.2, -0.15) is 0 Å². The van der Waals surface area contributed by atoms with Gasteiger partial charge < -0.3 is 15.6 Å². The summed E-state index contributed by atoms with van der Waals surface area (Å²) < 4.78 is 21.4. The average Bonchev–Trinajstić information content (AvgIpc) is 2.80. The summed E-state index contributed by atoms with van der Waals surface area (Å²) in [5.74, 6) is -0.334. The maximum absolute atomic E-state index is 16.1. The van der Waals surface area contributed by atoms with Gasteiger partial charge in [-0.3, -0.25) is 15.2 Å². The molecule has 2 amide bonds. The van der Waals surface area contributed by atoms with Crippen molar-refractivity contribution in [2.24, 2.45) is 0 Å². The number of ether oxygens (including phenoxy) is 1. The van der Waals surface area contributed by atoms with Crippen molar-refractivity contribution in [3.63, 3.8) is 0 Å². The van der Waals surface area contributed by atoms with E-state index in [1.165, 1.54) is 11.1 Å². The predicted molar refractivity (Wildman–Crippen MR) is 145 cm³/mol. The van der Waals surface area contributed by atoms with Gasteiger partial charge in [0.1, 0.15) is 11.4 Å². The number of carboxylic acid groups (broad SMARTS) is 1. The summed E-state index contributed by atoms with van der Waals surface area (Å²) in [4.78, 5) is 34.5. The summed E-state index contributed by atoms with van der Waals surface area (Å²) in [5.41, 5.74) is 7.82. The molecule has 0 unspecified atom stereocenters. The number of hydrogen-bond donors (Lipinski definition) is 3. The van der Waals surface area contributed by atoms with Crippen LogP contribution < -0.4 is 16.0 Å². The molecule has 0 fully saturated rings. The maximum Gasteiger partial charge on any atom is 0.412 e. The number of anilines is 3. The molecule has 2 aromatic heterocycles. The Labute approximate surface area is 221 Å². The van der Waals surface area contributed by atoms with Crippen molar-refractivity contribution in [3.05, 3.63) is 52.7 Å². The lowest BCUT2D eigenvalue weighted by Gasteiger charge is -2.33. The molecule has 10 heteroatoms. The number of benzene rings is 1. The van der Waals surface area contributed by atoms with Crippen molar-refractivity contribution in [1.29, 1.82) is 0 Å². The highest BCUT2D eigenvalue weighted by molar-refractivity contribution is 6.01. The zero-order chi connectivity index (χ0) is 28.0. The lowest BCUT2D eigenvalue weighted by Crippen LogP contribution is -2.36. The standard InChI is InChI=1S/C28H34FN5O4/c1-15-19(14-31-20-8-7-9-34(24(15)20)26(36)37)28(5,6)12-17-10-16-11-21(30)32-13-18(16)23(22(17)29)33-25(35)38-27(2,3)4/h10-11,13-14H,7-9,12H2,1-6H3,(H2,30,32)(H,33,35)(H,36,37). The van der Waals surface area contributed by atoms with Gasteiger partial charge in [-0.1, -0.05) is 13.8 Å². The minimum atomic E-state index is -1.02. The fourth-order valence-electron chi connectivity index (χ4n) is 5.15. The fourth-order valence-corrected chi connectivity index (χ4v) is 5.15. The largest absolute Gasteiger partial charge is 0.465 e. The molecular weight excluding hydrogens is 489 g/mol. The molecule has 0 aliphatic carbocycles. The number of carbonyl (C=O) groups excluding carboxylic acids is 1. The molecule has 0 saturated heterocycles. The van der Waals surface area contributed by atoms with Crippen LogP contribution in [0.2, 0.25) is 0 Å². The number of nitrogens with one attached hydrogen (secondary N) is 1. The van der Waals surface area contributed by atoms with Crippen LogP contribution in [0.4, 0.5) is 31.2 Å². The highest BCUT2D eigenvalue weighted by atomic mass is 19.1. The van der Waals surface area contributed by atoms with Gasteiger partial charge in [-0.15, -0.1) is 0 Å². The van der Waals surface area contributed by atoms with Crippen molar-refractivity contribution in [1.82, 2.24) is 9.97 Å². The topological polar surface area (TPSA) is 131 Å². The monoisotopic (exact) mass is 523 g/mol. The first kappa shape index (κ1) is 27.1. The minimum absolute atomic E-state index is 0.0348. The zero-order valence-corrected chi connectivity index (χ0v) is 22.6. The van der Waals surface area contributed by atoms with E-state index in [2.05, 4.69) is 15.3 Å². The summed E-state index contributed by atoms with van der Waals surface area (Å²) in [6.45, 7) is 11.4. The van der Waals surface area contributed by atoms with E-state index in [0.29, 0.717) is 41.4 Å². The van der Waals surface area contributed by atoms with Crippen LogP contribution in [-0.2, 0) is 23.0 Å². The Bertz CT molecular complexity index is 1430. The van der Waals surface area contributed by atoms with Crippen molar-refractivity contribution >= 4 is 40.2 Å². The fraction of sp³-hybridized carbons (Fsp3) is 0.429. The Kier molecular flexibility index (Phi) is 6.94. The van der Waals surface area contributed by atoms with E-state index >= 15 is 4.39 Å². The Morgan fingerprint density at radius 2 is 1.89 bits per heavy atom. The van der Waals surface area contributed by atoms with Gasteiger partial charge in [-0.05, 0) is 86.6 Å². The normalized spacial score (nSPS) is 13.8. The Hall–Kier alpha value is -3.95. The quantitative estimate of drug-likeness (QED) is 0.385. The molecule has 0 saturated carbocycles. The van der Waals surface area contributed by atoms with Gasteiger partial charge in [0.05, 0.1) is 17.1 Å². The number of amides is 2. The smallest absolute Gasteiger partial charge is 0.412 e. The molecule has 202 valence electrons. The highest BCUT2D eigenvalue weighted by Gasteiger charge is 2.32. The van der Waals surface area contributed by atoms with E-state index in [1.807, 2.05) is 20.8 Å². The Balaban J connectivity index is 1.78. The van der Waals surface area contributed by atoms with Crippen molar-refractivity contribution < 1.29 is 23.8 Å². The number of hydrogen-bond acceptors (Lipinski definition) is 6. The number of aromatic nitrogens is 2. The predicted octanol–water partition coefficient (Wildman–Crippen LogP) is 5.96. The lowest BCUT2D eigenvalue weighted by atomic mass is 9.77. The molecular formula is C28H34FN5O4. The molecule has 1 aliphatic heterocycles. The lowest BCUT2D eigenvalue weighted by molar-refractivity contribution is 0.0635. The number of halogens is 1. The highest BCUT2D eigenvalue weighted by Crippen LogP contribution is 2.40. The number of fused-ring (bicyclic) bond motifs is 2. The molecule has 3 heterocycles. The number of pyridine rings is 2. The molecule has 3 aromatic rings. The summed E-state index contributed by atoms with van der Waals surface area (Å²) in [7, 11) is 0. The van der Waals surface area contributed by atoms with Crippen molar-refractivity contribution in [2.45, 2.75) is 71.8 Å². The molecule has 38 heavy (non-hydrogen) atoms. The molecule has 0 spiro atoms. The average molecular weight is 524 g/mol. The van der Waals surface area contributed by atoms with Crippen LogP contribution >= 0.6 is 0 Å². The first-order valence-corrected chi connectivity index (χ1v) is 12.5. The number of nitrogens with zero attached hydrogens (tertiary/aromatic N) is 3. The first-order chi connectivity index (χ1) is 17.7. The number of carbonyl (C=O) groups is 2. The van der Waals surface area contributed by atoms with Crippen LogP contribution in [0.1, 0.15) is 63.4 Å². The van der Waals surface area contributed by atoms with Crippen molar-refractivity contribution in [2.75, 3.05) is 22.5 Å². The number of rotatable bonds is 4. The van der Waals surface area contributed by atoms with Crippen LogP contribution in [0.5, 0.6) is 0 Å². The van der Waals surface area contributed by atoms with Gasteiger partial charge in [0.25, 0.3) is 0 Å². The maximum atomic E-state index is 16.1. The molecule has 0 radical (unpaired) electrons. The molecule has 0 bridgehead atoms. The summed E-state index contributed by atoms with van der Waals surface area (Å²) in [5, 5.41) is 13.3. The number of nitrogens with two attached hydrogens (primary N) is 1. The van der Waals surface area contributed by atoms with E-state index in [4.69, 9.17) is 10.5 Å². The molecule has 1 aliphatic rings. The van der Waals surface area contributed by atoms with E-state index in [9.17, 15) is 14.7 Å². The third-order valence-electron chi connectivity index (χ3n) is 6.72. The Morgan fingerprint density at radius 1 is 1.18 bits per heavy atom. The van der Waals surface area contributed by atoms with Gasteiger partial charge in [0, 0.05) is 24.3 Å². The molecule has 1 aromatic carbocycles. The SMILES string of the molecule is Cc1c(C(C)(C)Cc2cc3cc(N)ncc3c(NC(=O)OC(C)(C)C)c2F)cnc2c1N(C(=O)O)CCC2. The zero-order valence-electron chi connectivity index (χ0n) is 22.6. The summed E-state index contributed by atoms with van der Waals surface area (Å²) >= 11 is 0. The van der Waals surface area contributed by atoms with Crippen LogP contribution in [-0.4, -0.2) is 39.4 Å². The third kappa shape index (κ3) is 5.34. The van der Waals surface area contributed by atoms with E-state index in [-0.39, 0.29) is 17.9 Å². The van der Waals surface area contributed by atoms with Crippen molar-refractivity contribution in [3.8, 4) is 0 Å². The second-order valence-electron chi connectivity index (χ2n) is 11.4. The third-order valence-corrected chi connectivity index (χ3v) is 6.72. The van der Waals surface area contributed by atoms with Crippen LogP contribution in [0.25, 0.3) is 10.8 Å². The summed E-state index contributed by atoms with van der Waals surface area (Å²) in [6, 6.07) is 3.33. The van der Waals surface area contributed by atoms with Gasteiger partial charge in [0.2, 0.25) is 0 Å². The van der Waals surface area contributed by atoms with Crippen LogP contribution in [0, 0.1) is 12.7 Å². The van der Waals surface area contributed by atoms with E-state index in [0.717, 1.165) is 16.8 Å². The summed E-state index contributed by atoms with van der Waals surface area (Å²) in [6.07, 6.45) is 3.05. The first-order valence-electron chi connectivity index (χ1n) is 12.5. The molecule has 9 nitrogen and oxygen atoms in total. The van der Waals surface area contributed by atoms with Gasteiger partial charge in [-0.25, -0.2) is 19.0 Å². The Morgan fingerprint density at radius 3 is 2.55 bits per heavy atom. The van der Waals surface area contributed by atoms with Gasteiger partial charge in [0.15, 0.2) is 5.82 Å². The molecule has 4 rings (SSSR count). The second kappa shape index (κ2) is 9.74. The minimum Gasteiger partial charge on any atom is -0.465 e. The number of aryl methyl sites for hydroxylation is 1. The van der Waals surface area contributed by atoms with Gasteiger partial charge >= 0.3 is 12.2 Å². The second-order valence-corrected chi connectivity index (χ2v) is 11.4. The van der Waals surface area contributed by atoms with Crippen LogP contribution in [0.15, 0.2) is 24.5 Å². The molecule has 4 N–H and O–H groups in total.